The van der Waals surface area contributed by atoms with Crippen molar-refractivity contribution in [1.29, 1.82) is 0 Å². The number of hydrogen-bond donors (Lipinski definition) is 2. The minimum absolute atomic E-state index is 0.108. The molecule has 1 fully saturated rings. The van der Waals surface area contributed by atoms with Crippen LogP contribution in [-0.2, 0) is 11.2 Å². The van der Waals surface area contributed by atoms with Crippen molar-refractivity contribution in [2.24, 2.45) is 0 Å². The molecule has 4 heterocycles. The smallest absolute Gasteiger partial charge is 0.340 e. The van der Waals surface area contributed by atoms with Crippen LogP contribution < -0.4 is 5.69 Å². The Bertz CT molecular complexity index is 903. The summed E-state index contributed by atoms with van der Waals surface area (Å²) in [6.45, 7) is 1.36. The van der Waals surface area contributed by atoms with Crippen LogP contribution >= 0.6 is 22.7 Å². The molecular weight excluding hydrogens is 358 g/mol. The van der Waals surface area contributed by atoms with Crippen molar-refractivity contribution in [3.05, 3.63) is 44.9 Å². The predicted molar refractivity (Wildman–Crippen MR) is 96.9 cm³/mol. The molecule has 0 saturated carbocycles. The van der Waals surface area contributed by atoms with E-state index in [-0.39, 0.29) is 17.5 Å². The van der Waals surface area contributed by atoms with Crippen molar-refractivity contribution >= 4 is 28.6 Å². The van der Waals surface area contributed by atoms with Crippen LogP contribution in [0.3, 0.4) is 0 Å². The molecule has 3 aromatic rings. The summed E-state index contributed by atoms with van der Waals surface area (Å²) in [7, 11) is 0. The maximum atomic E-state index is 12.5. The number of carbonyl (C=O) groups is 1. The average Bonchev–Trinajstić information content (AvgIpc) is 3.36. The lowest BCUT2D eigenvalue weighted by atomic mass is 9.96. The average molecular weight is 375 g/mol. The molecule has 0 atom stereocenters. The van der Waals surface area contributed by atoms with E-state index < -0.39 is 0 Å². The van der Waals surface area contributed by atoms with E-state index in [9.17, 15) is 9.59 Å². The fourth-order valence-corrected chi connectivity index (χ4v) is 4.68. The van der Waals surface area contributed by atoms with Crippen LogP contribution in [0.5, 0.6) is 0 Å². The Labute approximate surface area is 151 Å². The van der Waals surface area contributed by atoms with Gasteiger partial charge in [-0.2, -0.15) is 5.10 Å². The summed E-state index contributed by atoms with van der Waals surface area (Å²) < 4.78 is 0. The number of aromatic amines is 2. The Hall–Kier alpha value is -2.26. The van der Waals surface area contributed by atoms with Crippen LogP contribution in [0, 0.1) is 0 Å². The summed E-state index contributed by atoms with van der Waals surface area (Å²) in [5.41, 5.74) is 0.552. The van der Waals surface area contributed by atoms with Gasteiger partial charge in [-0.05, 0) is 24.3 Å². The molecule has 0 spiro atoms. The van der Waals surface area contributed by atoms with Gasteiger partial charge in [0.25, 0.3) is 0 Å². The highest BCUT2D eigenvalue weighted by molar-refractivity contribution is 7.20. The number of thiophene rings is 1. The van der Waals surface area contributed by atoms with Gasteiger partial charge in [0, 0.05) is 24.4 Å². The first-order chi connectivity index (χ1) is 12.2. The lowest BCUT2D eigenvalue weighted by molar-refractivity contribution is -0.131. The van der Waals surface area contributed by atoms with Crippen LogP contribution in [0.2, 0.25) is 0 Å². The number of thiazole rings is 1. The van der Waals surface area contributed by atoms with Crippen molar-refractivity contribution in [2.75, 3.05) is 13.1 Å². The topological polar surface area (TPSA) is 94.7 Å². The van der Waals surface area contributed by atoms with Gasteiger partial charge in [-0.3, -0.25) is 9.78 Å². The number of carbonyl (C=O) groups excluding carboxylic acids is 1. The molecule has 0 aliphatic carbocycles. The standard InChI is InChI=1S/C16H17N5O2S2/c22-13(8-11-9-25-15(17-11)12-2-1-7-24-12)21-5-3-10(4-6-21)14-18-16(23)20-19-14/h1-2,7,9-10H,3-6,8H2,(H2,18,19,20,23). The van der Waals surface area contributed by atoms with E-state index in [0.717, 1.165) is 28.4 Å². The fraction of sp³-hybridized carbons (Fsp3) is 0.375. The molecular formula is C16H17N5O2S2. The van der Waals surface area contributed by atoms with E-state index in [1.807, 2.05) is 27.8 Å². The Balaban J connectivity index is 1.34. The van der Waals surface area contributed by atoms with E-state index in [2.05, 4.69) is 20.2 Å². The quantitative estimate of drug-likeness (QED) is 0.731. The van der Waals surface area contributed by atoms with E-state index in [0.29, 0.717) is 25.3 Å². The molecule has 7 nitrogen and oxygen atoms in total. The molecule has 0 bridgehead atoms. The largest absolute Gasteiger partial charge is 0.342 e. The van der Waals surface area contributed by atoms with Crippen LogP contribution in [0.1, 0.15) is 30.3 Å². The first kappa shape index (κ1) is 16.2. The van der Waals surface area contributed by atoms with Crippen LogP contribution in [0.25, 0.3) is 9.88 Å². The molecule has 1 amide bonds. The molecule has 3 aromatic heterocycles. The molecule has 2 N–H and O–H groups in total. The molecule has 1 aliphatic heterocycles. The molecule has 1 aliphatic rings. The highest BCUT2D eigenvalue weighted by Crippen LogP contribution is 2.28. The number of nitrogens with one attached hydrogen (secondary N) is 2. The first-order valence-electron chi connectivity index (χ1n) is 8.09. The lowest BCUT2D eigenvalue weighted by Crippen LogP contribution is -2.39. The Morgan fingerprint density at radius 2 is 2.16 bits per heavy atom. The third-order valence-electron chi connectivity index (χ3n) is 4.37. The van der Waals surface area contributed by atoms with Crippen molar-refractivity contribution in [3.8, 4) is 9.88 Å². The van der Waals surface area contributed by atoms with Crippen molar-refractivity contribution in [2.45, 2.75) is 25.2 Å². The highest BCUT2D eigenvalue weighted by atomic mass is 32.1. The van der Waals surface area contributed by atoms with Crippen molar-refractivity contribution in [3.63, 3.8) is 0 Å². The van der Waals surface area contributed by atoms with Gasteiger partial charge in [-0.1, -0.05) is 6.07 Å². The number of H-pyrrole nitrogens is 2. The lowest BCUT2D eigenvalue weighted by Gasteiger charge is -2.30. The SMILES string of the molecule is O=C(Cc1csc(-c2cccs2)n1)N1CCC(c2n[nH]c(=O)[nH]2)CC1. The van der Waals surface area contributed by atoms with Gasteiger partial charge in [0.05, 0.1) is 17.0 Å². The zero-order chi connectivity index (χ0) is 17.2. The molecule has 1 saturated heterocycles. The Morgan fingerprint density at radius 3 is 2.84 bits per heavy atom. The number of aromatic nitrogens is 4. The van der Waals surface area contributed by atoms with E-state index in [1.165, 1.54) is 0 Å². The minimum atomic E-state index is -0.279. The van der Waals surface area contributed by atoms with Gasteiger partial charge in [-0.15, -0.1) is 22.7 Å². The first-order valence-corrected chi connectivity index (χ1v) is 9.85. The second-order valence-corrected chi connectivity index (χ2v) is 7.82. The number of nitrogens with zero attached hydrogens (tertiary/aromatic N) is 3. The van der Waals surface area contributed by atoms with Gasteiger partial charge in [0.1, 0.15) is 10.8 Å². The minimum Gasteiger partial charge on any atom is -0.342 e. The highest BCUT2D eigenvalue weighted by Gasteiger charge is 2.26. The molecule has 0 aromatic carbocycles. The Morgan fingerprint density at radius 1 is 1.32 bits per heavy atom. The number of amides is 1. The summed E-state index contributed by atoms with van der Waals surface area (Å²) in [4.78, 5) is 34.0. The summed E-state index contributed by atoms with van der Waals surface area (Å²) >= 11 is 3.23. The van der Waals surface area contributed by atoms with Gasteiger partial charge in [0.15, 0.2) is 0 Å². The number of hydrogen-bond acceptors (Lipinski definition) is 6. The van der Waals surface area contributed by atoms with Gasteiger partial charge in [0.2, 0.25) is 5.91 Å². The van der Waals surface area contributed by atoms with Crippen LogP contribution in [-0.4, -0.2) is 44.1 Å². The van der Waals surface area contributed by atoms with E-state index in [1.54, 1.807) is 22.7 Å². The molecule has 9 heteroatoms. The van der Waals surface area contributed by atoms with Gasteiger partial charge in [-0.25, -0.2) is 14.9 Å². The van der Waals surface area contributed by atoms with Gasteiger partial charge >= 0.3 is 5.69 Å². The normalized spacial score (nSPS) is 15.6. The van der Waals surface area contributed by atoms with Crippen molar-refractivity contribution in [1.82, 2.24) is 25.1 Å². The molecule has 25 heavy (non-hydrogen) atoms. The number of likely N-dealkylation sites (tertiary alicyclic amines) is 1. The summed E-state index contributed by atoms with van der Waals surface area (Å²) in [5, 5.41) is 11.4. The van der Waals surface area contributed by atoms with Crippen molar-refractivity contribution < 1.29 is 4.79 Å². The molecule has 0 unspecified atom stereocenters. The Kier molecular flexibility index (Phi) is 4.50. The zero-order valence-corrected chi connectivity index (χ0v) is 15.0. The predicted octanol–water partition coefficient (Wildman–Crippen LogP) is 2.23. The van der Waals surface area contributed by atoms with E-state index >= 15 is 0 Å². The maximum absolute atomic E-state index is 12.5. The summed E-state index contributed by atoms with van der Waals surface area (Å²) in [6, 6.07) is 4.04. The monoisotopic (exact) mass is 375 g/mol. The third kappa shape index (κ3) is 3.57. The van der Waals surface area contributed by atoms with E-state index in [4.69, 9.17) is 0 Å². The van der Waals surface area contributed by atoms with Crippen LogP contribution in [0.4, 0.5) is 0 Å². The molecule has 4 rings (SSSR count). The number of piperidine rings is 1. The molecule has 130 valence electrons. The number of rotatable bonds is 4. The second-order valence-electron chi connectivity index (χ2n) is 6.02. The van der Waals surface area contributed by atoms with Crippen LogP contribution in [0.15, 0.2) is 27.7 Å². The maximum Gasteiger partial charge on any atom is 0.340 e. The summed E-state index contributed by atoms with van der Waals surface area (Å²) in [6.07, 6.45) is 1.96. The summed E-state index contributed by atoms with van der Waals surface area (Å²) in [5.74, 6) is 1.00. The van der Waals surface area contributed by atoms with Gasteiger partial charge < -0.3 is 4.90 Å². The zero-order valence-electron chi connectivity index (χ0n) is 13.4. The second kappa shape index (κ2) is 6.93. The third-order valence-corrected chi connectivity index (χ3v) is 6.30. The fourth-order valence-electron chi connectivity index (χ4n) is 3.05. The molecule has 0 radical (unpaired) electrons.